The number of H-pyrrole nitrogens is 1. The molecule has 0 spiro atoms. The van der Waals surface area contributed by atoms with E-state index in [0.717, 1.165) is 11.4 Å². The topological polar surface area (TPSA) is 75.1 Å². The fourth-order valence-corrected chi connectivity index (χ4v) is 1.87. The summed E-state index contributed by atoms with van der Waals surface area (Å²) < 4.78 is 1.59. The van der Waals surface area contributed by atoms with Crippen LogP contribution in [-0.4, -0.2) is 25.5 Å². The normalized spacial score (nSPS) is 10.8. The molecule has 0 unspecified atom stereocenters. The standard InChI is InChI=1S/C13H13N5O/c1-9-4-6-18-12(17-9)11(8-16-18)13(19)15-7-10-3-2-5-14-10/h2-6,8,14H,7H2,1H3,(H,15,19). The molecular weight excluding hydrogens is 242 g/mol. The number of fused-ring (bicyclic) bond motifs is 1. The van der Waals surface area contributed by atoms with Crippen molar-refractivity contribution in [3.63, 3.8) is 0 Å². The molecule has 0 aromatic carbocycles. The molecule has 3 rings (SSSR count). The van der Waals surface area contributed by atoms with Gasteiger partial charge in [-0.25, -0.2) is 9.50 Å². The number of amides is 1. The maximum Gasteiger partial charge on any atom is 0.257 e. The summed E-state index contributed by atoms with van der Waals surface area (Å²) in [4.78, 5) is 19.5. The van der Waals surface area contributed by atoms with E-state index in [2.05, 4.69) is 20.4 Å². The summed E-state index contributed by atoms with van der Waals surface area (Å²) in [6.45, 7) is 2.34. The Balaban J connectivity index is 1.83. The lowest BCUT2D eigenvalue weighted by atomic mass is 10.3. The average Bonchev–Trinajstić information content (AvgIpc) is 3.04. The number of hydrogen-bond acceptors (Lipinski definition) is 3. The van der Waals surface area contributed by atoms with E-state index in [0.29, 0.717) is 17.8 Å². The fraction of sp³-hybridized carbons (Fsp3) is 0.154. The molecule has 6 nitrogen and oxygen atoms in total. The van der Waals surface area contributed by atoms with Crippen molar-refractivity contribution < 1.29 is 4.79 Å². The zero-order chi connectivity index (χ0) is 13.2. The van der Waals surface area contributed by atoms with Crippen LogP contribution >= 0.6 is 0 Å². The van der Waals surface area contributed by atoms with Crippen LogP contribution in [-0.2, 0) is 6.54 Å². The van der Waals surface area contributed by atoms with Gasteiger partial charge in [0, 0.05) is 23.8 Å². The number of aromatic nitrogens is 4. The molecule has 3 heterocycles. The monoisotopic (exact) mass is 255 g/mol. The molecule has 0 fully saturated rings. The predicted molar refractivity (Wildman–Crippen MR) is 69.7 cm³/mol. The molecule has 0 bridgehead atoms. The zero-order valence-electron chi connectivity index (χ0n) is 10.4. The maximum atomic E-state index is 12.1. The van der Waals surface area contributed by atoms with Gasteiger partial charge in [-0.05, 0) is 25.1 Å². The molecule has 1 amide bonds. The number of carbonyl (C=O) groups is 1. The van der Waals surface area contributed by atoms with Gasteiger partial charge in [-0.3, -0.25) is 4.79 Å². The highest BCUT2D eigenvalue weighted by Crippen LogP contribution is 2.08. The molecule has 96 valence electrons. The van der Waals surface area contributed by atoms with Gasteiger partial charge in [0.2, 0.25) is 0 Å². The zero-order valence-corrected chi connectivity index (χ0v) is 10.4. The van der Waals surface area contributed by atoms with E-state index >= 15 is 0 Å². The Kier molecular flexibility index (Phi) is 2.75. The van der Waals surface area contributed by atoms with E-state index in [4.69, 9.17) is 0 Å². The van der Waals surface area contributed by atoms with Crippen molar-refractivity contribution in [1.29, 1.82) is 0 Å². The molecule has 0 atom stereocenters. The highest BCUT2D eigenvalue weighted by Gasteiger charge is 2.13. The molecule has 0 radical (unpaired) electrons. The van der Waals surface area contributed by atoms with Crippen LogP contribution in [0, 0.1) is 6.92 Å². The SMILES string of the molecule is Cc1ccn2ncc(C(=O)NCc3ccc[nH]3)c2n1. The van der Waals surface area contributed by atoms with Crippen molar-refractivity contribution in [2.24, 2.45) is 0 Å². The highest BCUT2D eigenvalue weighted by atomic mass is 16.1. The second kappa shape index (κ2) is 4.56. The van der Waals surface area contributed by atoms with E-state index < -0.39 is 0 Å². The van der Waals surface area contributed by atoms with E-state index in [-0.39, 0.29) is 5.91 Å². The lowest BCUT2D eigenvalue weighted by Gasteiger charge is -2.02. The van der Waals surface area contributed by atoms with Crippen LogP contribution in [0.5, 0.6) is 0 Å². The quantitative estimate of drug-likeness (QED) is 0.740. The fourth-order valence-electron chi connectivity index (χ4n) is 1.87. The molecular formula is C13H13N5O. The maximum absolute atomic E-state index is 12.1. The molecule has 0 aliphatic carbocycles. The number of aryl methyl sites for hydroxylation is 1. The number of carbonyl (C=O) groups excluding carboxylic acids is 1. The van der Waals surface area contributed by atoms with Crippen LogP contribution in [0.3, 0.4) is 0 Å². The van der Waals surface area contributed by atoms with E-state index in [1.807, 2.05) is 31.3 Å². The Morgan fingerprint density at radius 2 is 2.37 bits per heavy atom. The van der Waals surface area contributed by atoms with Crippen LogP contribution in [0.1, 0.15) is 21.7 Å². The van der Waals surface area contributed by atoms with Gasteiger partial charge >= 0.3 is 0 Å². The Labute approximate surface area is 109 Å². The number of rotatable bonds is 3. The molecule has 0 aliphatic heterocycles. The summed E-state index contributed by atoms with van der Waals surface area (Å²) in [5.74, 6) is -0.178. The molecule has 3 aromatic heterocycles. The minimum Gasteiger partial charge on any atom is -0.364 e. The third-order valence-electron chi connectivity index (χ3n) is 2.85. The van der Waals surface area contributed by atoms with Gasteiger partial charge in [0.15, 0.2) is 5.65 Å². The van der Waals surface area contributed by atoms with E-state index in [9.17, 15) is 4.79 Å². The first-order valence-electron chi connectivity index (χ1n) is 5.95. The first kappa shape index (κ1) is 11.5. The lowest BCUT2D eigenvalue weighted by Crippen LogP contribution is -2.23. The highest BCUT2D eigenvalue weighted by molar-refractivity contribution is 5.99. The van der Waals surface area contributed by atoms with Gasteiger partial charge in [-0.2, -0.15) is 5.10 Å². The molecule has 0 saturated heterocycles. The first-order valence-corrected chi connectivity index (χ1v) is 5.95. The minimum absolute atomic E-state index is 0.178. The van der Waals surface area contributed by atoms with Gasteiger partial charge in [-0.15, -0.1) is 0 Å². The van der Waals surface area contributed by atoms with Crippen LogP contribution in [0.4, 0.5) is 0 Å². The van der Waals surface area contributed by atoms with Gasteiger partial charge in [-0.1, -0.05) is 0 Å². The van der Waals surface area contributed by atoms with E-state index in [1.165, 1.54) is 6.20 Å². The van der Waals surface area contributed by atoms with Crippen molar-refractivity contribution in [3.05, 3.63) is 53.7 Å². The predicted octanol–water partition coefficient (Wildman–Crippen LogP) is 1.30. The van der Waals surface area contributed by atoms with Crippen molar-refractivity contribution in [3.8, 4) is 0 Å². The van der Waals surface area contributed by atoms with Crippen LogP contribution in [0.25, 0.3) is 5.65 Å². The Hall–Kier alpha value is -2.63. The molecule has 6 heteroatoms. The number of hydrogen-bond donors (Lipinski definition) is 2. The van der Waals surface area contributed by atoms with Crippen molar-refractivity contribution in [2.45, 2.75) is 13.5 Å². The second-order valence-corrected chi connectivity index (χ2v) is 4.27. The second-order valence-electron chi connectivity index (χ2n) is 4.27. The summed E-state index contributed by atoms with van der Waals surface area (Å²) in [6.07, 6.45) is 5.15. The molecule has 2 N–H and O–H groups in total. The molecule has 19 heavy (non-hydrogen) atoms. The third kappa shape index (κ3) is 2.20. The van der Waals surface area contributed by atoms with Crippen LogP contribution in [0.2, 0.25) is 0 Å². The summed E-state index contributed by atoms with van der Waals surface area (Å²) in [5, 5.41) is 6.95. The van der Waals surface area contributed by atoms with E-state index in [1.54, 1.807) is 10.7 Å². The van der Waals surface area contributed by atoms with Gasteiger partial charge < -0.3 is 10.3 Å². The summed E-state index contributed by atoms with van der Waals surface area (Å²) >= 11 is 0. The summed E-state index contributed by atoms with van der Waals surface area (Å²) in [5.41, 5.74) is 2.86. The van der Waals surface area contributed by atoms with Crippen molar-refractivity contribution in [1.82, 2.24) is 24.9 Å². The number of aromatic amines is 1. The molecule has 0 aliphatic rings. The van der Waals surface area contributed by atoms with Crippen molar-refractivity contribution >= 4 is 11.6 Å². The Morgan fingerprint density at radius 1 is 1.47 bits per heavy atom. The summed E-state index contributed by atoms with van der Waals surface area (Å²) in [6, 6.07) is 5.65. The van der Waals surface area contributed by atoms with Gasteiger partial charge in [0.05, 0.1) is 12.7 Å². The Bertz CT molecular complexity index is 714. The van der Waals surface area contributed by atoms with Gasteiger partial charge in [0.1, 0.15) is 5.56 Å². The smallest absolute Gasteiger partial charge is 0.257 e. The lowest BCUT2D eigenvalue weighted by molar-refractivity contribution is 0.0952. The molecule has 3 aromatic rings. The van der Waals surface area contributed by atoms with Crippen molar-refractivity contribution in [2.75, 3.05) is 0 Å². The van der Waals surface area contributed by atoms with Gasteiger partial charge in [0.25, 0.3) is 5.91 Å². The van der Waals surface area contributed by atoms with Crippen LogP contribution < -0.4 is 5.32 Å². The van der Waals surface area contributed by atoms with Crippen LogP contribution in [0.15, 0.2) is 36.8 Å². The largest absolute Gasteiger partial charge is 0.364 e. The number of nitrogens with one attached hydrogen (secondary N) is 2. The third-order valence-corrected chi connectivity index (χ3v) is 2.85. The first-order chi connectivity index (χ1) is 9.24. The average molecular weight is 255 g/mol. The Morgan fingerprint density at radius 3 is 3.16 bits per heavy atom. The molecule has 0 saturated carbocycles. The summed E-state index contributed by atoms with van der Waals surface area (Å²) in [7, 11) is 0. The number of nitrogens with zero attached hydrogens (tertiary/aromatic N) is 3. The minimum atomic E-state index is -0.178.